The van der Waals surface area contributed by atoms with E-state index >= 15 is 0 Å². The van der Waals surface area contributed by atoms with Crippen LogP contribution in [0.2, 0.25) is 0 Å². The molecule has 5 rings (SSSR count). The van der Waals surface area contributed by atoms with Gasteiger partial charge in [-0.05, 0) is 49.5 Å². The van der Waals surface area contributed by atoms with Crippen molar-refractivity contribution in [3.05, 3.63) is 78.5 Å². The molecule has 1 saturated heterocycles. The third-order valence-electron chi connectivity index (χ3n) is 6.62. The minimum absolute atomic E-state index is 0.143. The van der Waals surface area contributed by atoms with E-state index in [0.29, 0.717) is 22.2 Å². The predicted octanol–water partition coefficient (Wildman–Crippen LogP) is 3.39. The van der Waals surface area contributed by atoms with Gasteiger partial charge in [0.15, 0.2) is 0 Å². The first-order valence-electron chi connectivity index (χ1n) is 12.3. The molecular weight excluding hydrogens is 507 g/mol. The fourth-order valence-corrected chi connectivity index (χ4v) is 5.90. The Kier molecular flexibility index (Phi) is 7.30. The molecule has 9 nitrogen and oxygen atoms in total. The number of para-hydroxylation sites is 1. The number of anilines is 2. The van der Waals surface area contributed by atoms with Crippen LogP contribution in [-0.4, -0.2) is 75.6 Å². The number of sulfone groups is 1. The van der Waals surface area contributed by atoms with Gasteiger partial charge in [-0.15, -0.1) is 0 Å². The SMILES string of the molecule is CN1CCN(c2c(NCCF)cccc2C(=O)Nn2ncc3cc(S(=O)(=O)c4ccccc4)ccc32)CC1. The maximum atomic E-state index is 13.5. The molecule has 38 heavy (non-hydrogen) atoms. The van der Waals surface area contributed by atoms with Crippen LogP contribution in [-0.2, 0) is 9.84 Å². The van der Waals surface area contributed by atoms with E-state index in [2.05, 4.69) is 32.7 Å². The number of alkyl halides is 1. The standard InChI is InChI=1S/C27H29FN6O3S/c1-32-14-16-33(17-15-32)26-23(8-5-9-24(26)29-13-12-28)27(35)31-34-25-11-10-22(18-20(25)19-30-34)38(36,37)21-6-3-2-4-7-21/h2-11,18-19,29H,12-17H2,1H3,(H,31,35). The number of fused-ring (bicyclic) bond motifs is 1. The van der Waals surface area contributed by atoms with E-state index in [1.54, 1.807) is 54.6 Å². The maximum Gasteiger partial charge on any atom is 0.273 e. The maximum absolute atomic E-state index is 13.5. The van der Waals surface area contributed by atoms with Crippen molar-refractivity contribution in [3.8, 4) is 0 Å². The van der Waals surface area contributed by atoms with Crippen LogP contribution in [0, 0.1) is 0 Å². The first-order valence-corrected chi connectivity index (χ1v) is 13.8. The number of piperazine rings is 1. The molecule has 0 atom stereocenters. The summed E-state index contributed by atoms with van der Waals surface area (Å²) in [4.78, 5) is 19.6. The van der Waals surface area contributed by atoms with Crippen LogP contribution in [0.25, 0.3) is 10.9 Å². The first-order chi connectivity index (χ1) is 18.4. The number of carbonyl (C=O) groups excluding carboxylic acids is 1. The van der Waals surface area contributed by atoms with Crippen LogP contribution in [0.3, 0.4) is 0 Å². The lowest BCUT2D eigenvalue weighted by molar-refractivity contribution is 0.101. The number of nitrogens with one attached hydrogen (secondary N) is 2. The lowest BCUT2D eigenvalue weighted by atomic mass is 10.1. The molecule has 2 N–H and O–H groups in total. The van der Waals surface area contributed by atoms with Crippen LogP contribution in [0.5, 0.6) is 0 Å². The van der Waals surface area contributed by atoms with Gasteiger partial charge in [0.05, 0.1) is 38.4 Å². The van der Waals surface area contributed by atoms with E-state index in [9.17, 15) is 17.6 Å². The molecule has 0 unspecified atom stereocenters. The molecule has 198 valence electrons. The molecule has 0 spiro atoms. The lowest BCUT2D eigenvalue weighted by Gasteiger charge is -2.36. The monoisotopic (exact) mass is 536 g/mol. The summed E-state index contributed by atoms with van der Waals surface area (Å²) < 4.78 is 39.0. The number of aromatic nitrogens is 2. The highest BCUT2D eigenvalue weighted by Gasteiger charge is 2.24. The van der Waals surface area contributed by atoms with Crippen LogP contribution in [0.4, 0.5) is 15.8 Å². The smallest absolute Gasteiger partial charge is 0.273 e. The summed E-state index contributed by atoms with van der Waals surface area (Å²) in [5.74, 6) is -0.381. The number of hydrogen-bond acceptors (Lipinski definition) is 7. The zero-order valence-corrected chi connectivity index (χ0v) is 21.8. The van der Waals surface area contributed by atoms with Crippen molar-refractivity contribution in [1.29, 1.82) is 0 Å². The summed E-state index contributed by atoms with van der Waals surface area (Å²) in [6.07, 6.45) is 1.51. The van der Waals surface area contributed by atoms with Gasteiger partial charge in [0.2, 0.25) is 9.84 Å². The van der Waals surface area contributed by atoms with Crippen LogP contribution in [0.1, 0.15) is 10.4 Å². The Morgan fingerprint density at radius 3 is 2.47 bits per heavy atom. The van der Waals surface area contributed by atoms with Gasteiger partial charge in [0.25, 0.3) is 5.91 Å². The molecule has 1 aliphatic rings. The second-order valence-electron chi connectivity index (χ2n) is 9.14. The normalized spacial score (nSPS) is 14.5. The Morgan fingerprint density at radius 2 is 1.74 bits per heavy atom. The molecule has 11 heteroatoms. The summed E-state index contributed by atoms with van der Waals surface area (Å²) in [6.45, 7) is 2.76. The van der Waals surface area contributed by atoms with Gasteiger partial charge in [-0.2, -0.15) is 9.89 Å². The van der Waals surface area contributed by atoms with Gasteiger partial charge >= 0.3 is 0 Å². The largest absolute Gasteiger partial charge is 0.381 e. The number of nitrogens with zero attached hydrogens (tertiary/aromatic N) is 4. The molecule has 0 radical (unpaired) electrons. The molecule has 1 aromatic heterocycles. The summed E-state index contributed by atoms with van der Waals surface area (Å²) in [5.41, 5.74) is 5.23. The van der Waals surface area contributed by atoms with Gasteiger partial charge in [0.1, 0.15) is 6.67 Å². The molecule has 0 saturated carbocycles. The van der Waals surface area contributed by atoms with Crippen LogP contribution < -0.4 is 15.6 Å². The van der Waals surface area contributed by atoms with Gasteiger partial charge in [-0.1, -0.05) is 24.3 Å². The van der Waals surface area contributed by atoms with Crippen molar-refractivity contribution in [2.24, 2.45) is 0 Å². The number of halogens is 1. The molecule has 1 amide bonds. The number of likely N-dealkylation sites (N-methyl/N-ethyl adjacent to an activating group) is 1. The molecule has 0 aliphatic carbocycles. The van der Waals surface area contributed by atoms with Crippen molar-refractivity contribution < 1.29 is 17.6 Å². The van der Waals surface area contributed by atoms with E-state index in [-0.39, 0.29) is 22.2 Å². The van der Waals surface area contributed by atoms with E-state index in [1.807, 2.05) is 6.07 Å². The third-order valence-corrected chi connectivity index (χ3v) is 8.39. The van der Waals surface area contributed by atoms with Crippen LogP contribution in [0.15, 0.2) is 82.7 Å². The Balaban J connectivity index is 1.45. The van der Waals surface area contributed by atoms with Crippen molar-refractivity contribution in [2.45, 2.75) is 9.79 Å². The van der Waals surface area contributed by atoms with Crippen molar-refractivity contribution >= 4 is 38.0 Å². The molecular formula is C27H29FN6O3S. The van der Waals surface area contributed by atoms with Crippen LogP contribution >= 0.6 is 0 Å². The summed E-state index contributed by atoms with van der Waals surface area (Å²) in [5, 5.41) is 7.95. The highest BCUT2D eigenvalue weighted by molar-refractivity contribution is 7.91. The quantitative estimate of drug-likeness (QED) is 0.356. The van der Waals surface area contributed by atoms with Gasteiger partial charge in [0, 0.05) is 38.1 Å². The second kappa shape index (κ2) is 10.8. The third kappa shape index (κ3) is 5.07. The predicted molar refractivity (Wildman–Crippen MR) is 146 cm³/mol. The Labute approximate surface area is 220 Å². The number of benzene rings is 3. The number of hydrogen-bond donors (Lipinski definition) is 2. The molecule has 4 aromatic rings. The molecule has 2 heterocycles. The van der Waals surface area contributed by atoms with E-state index in [1.165, 1.54) is 17.1 Å². The number of rotatable bonds is 8. The van der Waals surface area contributed by atoms with Gasteiger partial charge in [-0.25, -0.2) is 18.2 Å². The molecule has 1 aliphatic heterocycles. The summed E-state index contributed by atoms with van der Waals surface area (Å²) in [7, 11) is -1.64. The minimum Gasteiger partial charge on any atom is -0.381 e. The summed E-state index contributed by atoms with van der Waals surface area (Å²) >= 11 is 0. The summed E-state index contributed by atoms with van der Waals surface area (Å²) in [6, 6.07) is 18.2. The van der Waals surface area contributed by atoms with E-state index in [0.717, 1.165) is 31.9 Å². The fourth-order valence-electron chi connectivity index (χ4n) is 4.58. The number of amides is 1. The van der Waals surface area contributed by atoms with Crippen molar-refractivity contribution in [2.75, 3.05) is 62.1 Å². The average molecular weight is 537 g/mol. The van der Waals surface area contributed by atoms with E-state index in [4.69, 9.17) is 0 Å². The Hall–Kier alpha value is -3.96. The highest BCUT2D eigenvalue weighted by atomic mass is 32.2. The Morgan fingerprint density at radius 1 is 0.974 bits per heavy atom. The topological polar surface area (TPSA) is 99.6 Å². The minimum atomic E-state index is -3.69. The zero-order chi connectivity index (χ0) is 26.7. The lowest BCUT2D eigenvalue weighted by Crippen LogP contribution is -2.45. The zero-order valence-electron chi connectivity index (χ0n) is 21.0. The average Bonchev–Trinajstić information content (AvgIpc) is 3.34. The molecule has 1 fully saturated rings. The van der Waals surface area contributed by atoms with E-state index < -0.39 is 16.5 Å². The molecule has 3 aromatic carbocycles. The molecule has 0 bridgehead atoms. The van der Waals surface area contributed by atoms with Crippen molar-refractivity contribution in [3.63, 3.8) is 0 Å². The Bertz CT molecular complexity index is 1550. The van der Waals surface area contributed by atoms with Gasteiger partial charge in [-0.3, -0.25) is 4.79 Å². The highest BCUT2D eigenvalue weighted by Crippen LogP contribution is 2.32. The van der Waals surface area contributed by atoms with Gasteiger partial charge < -0.3 is 15.1 Å². The fraction of sp³-hybridized carbons (Fsp3) is 0.259. The number of carbonyl (C=O) groups is 1. The second-order valence-corrected chi connectivity index (χ2v) is 11.1. The first kappa shape index (κ1) is 25.7. The van der Waals surface area contributed by atoms with Crippen molar-refractivity contribution in [1.82, 2.24) is 14.8 Å².